The highest BCUT2D eigenvalue weighted by Crippen LogP contribution is 2.36. The van der Waals surface area contributed by atoms with Gasteiger partial charge in [0.1, 0.15) is 0 Å². The van der Waals surface area contributed by atoms with Crippen LogP contribution in [0.2, 0.25) is 0 Å². The van der Waals surface area contributed by atoms with E-state index in [0.717, 1.165) is 12.8 Å². The minimum absolute atomic E-state index is 0.525. The molecule has 0 amide bonds. The summed E-state index contributed by atoms with van der Waals surface area (Å²) in [6.07, 6.45) is 7.68. The monoisotopic (exact) mass is 202 g/mol. The molecule has 0 heteroatoms. The molecule has 0 aromatic carbocycles. The summed E-state index contributed by atoms with van der Waals surface area (Å²) in [6.45, 7) is 14.7. The lowest BCUT2D eigenvalue weighted by atomic mass is 9.97. The topological polar surface area (TPSA) is 0 Å². The molecule has 0 aliphatic heterocycles. The minimum Gasteiger partial charge on any atom is -0.0989 e. The van der Waals surface area contributed by atoms with Gasteiger partial charge in [-0.2, -0.15) is 0 Å². The molecule has 0 spiro atoms. The molecule has 0 aromatic rings. The highest BCUT2D eigenvalue weighted by Gasteiger charge is 2.20. The lowest BCUT2D eigenvalue weighted by Gasteiger charge is -2.08. The molecule has 0 radical (unpaired) electrons. The molecule has 0 heterocycles. The van der Waals surface area contributed by atoms with Gasteiger partial charge in [-0.05, 0) is 30.9 Å². The van der Waals surface area contributed by atoms with Gasteiger partial charge in [0.05, 0.1) is 0 Å². The van der Waals surface area contributed by atoms with Crippen LogP contribution in [0.5, 0.6) is 0 Å². The van der Waals surface area contributed by atoms with Crippen molar-refractivity contribution in [1.29, 1.82) is 0 Å². The van der Waals surface area contributed by atoms with Crippen molar-refractivity contribution in [3.05, 3.63) is 47.6 Å². The molecule has 0 saturated carbocycles. The largest absolute Gasteiger partial charge is 0.0989 e. The summed E-state index contributed by atoms with van der Waals surface area (Å²) in [4.78, 5) is 0. The summed E-state index contributed by atoms with van der Waals surface area (Å²) in [5.74, 6) is 0.525. The van der Waals surface area contributed by atoms with Crippen LogP contribution in [-0.2, 0) is 0 Å². The van der Waals surface area contributed by atoms with Crippen molar-refractivity contribution >= 4 is 0 Å². The number of rotatable bonds is 4. The Bertz CT molecular complexity index is 326. The van der Waals surface area contributed by atoms with Crippen LogP contribution in [0.1, 0.15) is 40.0 Å². The number of allylic oxidation sites excluding steroid dienone is 6. The Morgan fingerprint density at radius 3 is 2.60 bits per heavy atom. The quantitative estimate of drug-likeness (QED) is 0.453. The van der Waals surface area contributed by atoms with Gasteiger partial charge in [-0.25, -0.2) is 0 Å². The van der Waals surface area contributed by atoms with Crippen LogP contribution in [0.4, 0.5) is 0 Å². The predicted octanol–water partition coefficient (Wildman–Crippen LogP) is 4.81. The van der Waals surface area contributed by atoms with Gasteiger partial charge in [-0.15, -0.1) is 0 Å². The Balaban J connectivity index is 2.92. The highest BCUT2D eigenvalue weighted by molar-refractivity contribution is 5.43. The van der Waals surface area contributed by atoms with E-state index in [1.54, 1.807) is 0 Å². The fourth-order valence-electron chi connectivity index (χ4n) is 2.16. The third kappa shape index (κ3) is 2.71. The van der Waals surface area contributed by atoms with Crippen molar-refractivity contribution in [2.24, 2.45) is 5.92 Å². The van der Waals surface area contributed by atoms with Crippen LogP contribution in [0.3, 0.4) is 0 Å². The second-order valence-corrected chi connectivity index (χ2v) is 4.47. The van der Waals surface area contributed by atoms with Crippen molar-refractivity contribution in [3.8, 4) is 0 Å². The second kappa shape index (κ2) is 5.16. The van der Waals surface area contributed by atoms with Crippen molar-refractivity contribution in [2.45, 2.75) is 40.0 Å². The Hall–Kier alpha value is -1.04. The Labute approximate surface area is 94.1 Å². The molecule has 0 saturated heterocycles. The average Bonchev–Trinajstić information content (AvgIpc) is 2.44. The molecule has 1 unspecified atom stereocenters. The standard InChI is InChI=1S/C15H22/c1-6-8-14(7-2)10-15-12(4)9-11(3)13(15)5/h7,10,13H,2-3,6,8-9H2,1,4-5H3/b14-10+. The van der Waals surface area contributed by atoms with Crippen molar-refractivity contribution in [2.75, 3.05) is 0 Å². The van der Waals surface area contributed by atoms with Gasteiger partial charge in [0, 0.05) is 5.92 Å². The lowest BCUT2D eigenvalue weighted by Crippen LogP contribution is -1.94. The highest BCUT2D eigenvalue weighted by atomic mass is 14.3. The van der Waals surface area contributed by atoms with E-state index in [2.05, 4.69) is 40.0 Å². The molecule has 15 heavy (non-hydrogen) atoms. The third-order valence-corrected chi connectivity index (χ3v) is 3.21. The fraction of sp³-hybridized carbons (Fsp3) is 0.467. The molecule has 1 rings (SSSR count). The predicted molar refractivity (Wildman–Crippen MR) is 68.8 cm³/mol. The Morgan fingerprint density at radius 2 is 2.20 bits per heavy atom. The van der Waals surface area contributed by atoms with E-state index in [1.165, 1.54) is 28.7 Å². The molecule has 0 bridgehead atoms. The molecular formula is C15H22. The second-order valence-electron chi connectivity index (χ2n) is 4.47. The maximum atomic E-state index is 4.12. The third-order valence-electron chi connectivity index (χ3n) is 3.21. The summed E-state index contributed by atoms with van der Waals surface area (Å²) >= 11 is 0. The van der Waals surface area contributed by atoms with Gasteiger partial charge in [-0.1, -0.05) is 56.7 Å². The normalized spacial score (nSPS) is 22.5. The van der Waals surface area contributed by atoms with Gasteiger partial charge in [-0.3, -0.25) is 0 Å². The van der Waals surface area contributed by atoms with E-state index < -0.39 is 0 Å². The summed E-state index contributed by atoms with van der Waals surface area (Å²) in [6, 6.07) is 0. The summed E-state index contributed by atoms with van der Waals surface area (Å²) in [5, 5.41) is 0. The number of hydrogen-bond donors (Lipinski definition) is 0. The molecule has 1 aliphatic carbocycles. The minimum atomic E-state index is 0.525. The van der Waals surface area contributed by atoms with E-state index in [-0.39, 0.29) is 0 Å². The van der Waals surface area contributed by atoms with E-state index >= 15 is 0 Å². The van der Waals surface area contributed by atoms with Crippen LogP contribution < -0.4 is 0 Å². The summed E-state index contributed by atoms with van der Waals surface area (Å²) < 4.78 is 0. The average molecular weight is 202 g/mol. The molecule has 1 atom stereocenters. The van der Waals surface area contributed by atoms with E-state index in [1.807, 2.05) is 6.08 Å². The van der Waals surface area contributed by atoms with Crippen LogP contribution >= 0.6 is 0 Å². The van der Waals surface area contributed by atoms with Crippen LogP contribution in [0.15, 0.2) is 47.6 Å². The van der Waals surface area contributed by atoms with Crippen molar-refractivity contribution < 1.29 is 0 Å². The first-order valence-electron chi connectivity index (χ1n) is 5.80. The first kappa shape index (κ1) is 12.0. The zero-order valence-corrected chi connectivity index (χ0v) is 10.3. The van der Waals surface area contributed by atoms with Gasteiger partial charge >= 0.3 is 0 Å². The molecule has 0 N–H and O–H groups in total. The molecule has 1 aliphatic rings. The first-order valence-corrected chi connectivity index (χ1v) is 5.80. The van der Waals surface area contributed by atoms with Crippen molar-refractivity contribution in [3.63, 3.8) is 0 Å². The molecule has 0 aromatic heterocycles. The SMILES string of the molecule is C=C/C(=C\C1=C(C)CC(=C)C1C)CCC. The van der Waals surface area contributed by atoms with Crippen LogP contribution in [0.25, 0.3) is 0 Å². The van der Waals surface area contributed by atoms with Crippen LogP contribution in [-0.4, -0.2) is 0 Å². The van der Waals surface area contributed by atoms with Gasteiger partial charge in [0.2, 0.25) is 0 Å². The zero-order valence-electron chi connectivity index (χ0n) is 10.3. The molecule has 82 valence electrons. The maximum Gasteiger partial charge on any atom is 0.00199 e. The fourth-order valence-corrected chi connectivity index (χ4v) is 2.16. The van der Waals surface area contributed by atoms with E-state index in [0.29, 0.717) is 5.92 Å². The molecule has 0 fully saturated rings. The molecular weight excluding hydrogens is 180 g/mol. The Morgan fingerprint density at radius 1 is 1.53 bits per heavy atom. The van der Waals surface area contributed by atoms with E-state index in [4.69, 9.17) is 0 Å². The van der Waals surface area contributed by atoms with Crippen molar-refractivity contribution in [1.82, 2.24) is 0 Å². The van der Waals surface area contributed by atoms with Gasteiger partial charge in [0.25, 0.3) is 0 Å². The molecule has 0 nitrogen and oxygen atoms in total. The first-order chi connectivity index (χ1) is 7.10. The van der Waals surface area contributed by atoms with E-state index in [9.17, 15) is 0 Å². The smallest absolute Gasteiger partial charge is 0.00199 e. The zero-order chi connectivity index (χ0) is 11.4. The Kier molecular flexibility index (Phi) is 4.14. The van der Waals surface area contributed by atoms with Crippen LogP contribution in [0, 0.1) is 5.92 Å². The summed E-state index contributed by atoms with van der Waals surface area (Å²) in [5.41, 5.74) is 5.64. The lowest BCUT2D eigenvalue weighted by molar-refractivity contribution is 0.844. The maximum absolute atomic E-state index is 4.12. The summed E-state index contributed by atoms with van der Waals surface area (Å²) in [7, 11) is 0. The van der Waals surface area contributed by atoms with Gasteiger partial charge < -0.3 is 0 Å². The van der Waals surface area contributed by atoms with Gasteiger partial charge in [0.15, 0.2) is 0 Å². The number of hydrogen-bond acceptors (Lipinski definition) is 0.